The van der Waals surface area contributed by atoms with Crippen molar-refractivity contribution >= 4 is 5.52 Å². The molecule has 0 N–H and O–H groups in total. The molecule has 2 aromatic heterocycles. The average molecular weight is 232 g/mol. The zero-order valence-corrected chi connectivity index (χ0v) is 9.96. The van der Waals surface area contributed by atoms with Crippen molar-refractivity contribution in [2.24, 2.45) is 0 Å². The highest BCUT2D eigenvalue weighted by molar-refractivity contribution is 5.51. The van der Waals surface area contributed by atoms with Crippen LogP contribution >= 0.6 is 0 Å². The number of hydrogen-bond donors (Lipinski definition) is 0. The number of aryl methyl sites for hydroxylation is 1. The standard InChI is InChI=1S/C12H16N4O/c1-10-12-8-11(14-16(12)3-2-13-10)9-15-4-6-17-7-5-15/h2-3,8H,4-7,9H2,1H3. The van der Waals surface area contributed by atoms with Crippen LogP contribution in [0.3, 0.4) is 0 Å². The average Bonchev–Trinajstić information content (AvgIpc) is 2.74. The van der Waals surface area contributed by atoms with Crippen LogP contribution in [0.2, 0.25) is 0 Å². The van der Waals surface area contributed by atoms with Crippen LogP contribution in [0.15, 0.2) is 18.5 Å². The molecule has 0 saturated carbocycles. The molecule has 0 spiro atoms. The summed E-state index contributed by atoms with van der Waals surface area (Å²) in [5.41, 5.74) is 3.21. The highest BCUT2D eigenvalue weighted by Gasteiger charge is 2.13. The van der Waals surface area contributed by atoms with E-state index in [1.54, 1.807) is 6.20 Å². The first kappa shape index (κ1) is 10.7. The van der Waals surface area contributed by atoms with Crippen molar-refractivity contribution in [3.05, 3.63) is 29.8 Å². The van der Waals surface area contributed by atoms with Crippen LogP contribution in [0.5, 0.6) is 0 Å². The minimum Gasteiger partial charge on any atom is -0.379 e. The molecular formula is C12H16N4O. The topological polar surface area (TPSA) is 42.7 Å². The molecule has 0 amide bonds. The monoisotopic (exact) mass is 232 g/mol. The quantitative estimate of drug-likeness (QED) is 0.770. The van der Waals surface area contributed by atoms with Gasteiger partial charge in [-0.2, -0.15) is 5.10 Å². The molecule has 0 unspecified atom stereocenters. The fourth-order valence-corrected chi connectivity index (χ4v) is 2.17. The molecule has 3 rings (SSSR count). The molecule has 1 aliphatic heterocycles. The lowest BCUT2D eigenvalue weighted by atomic mass is 10.3. The highest BCUT2D eigenvalue weighted by Crippen LogP contribution is 2.11. The fourth-order valence-electron chi connectivity index (χ4n) is 2.17. The smallest absolute Gasteiger partial charge is 0.0877 e. The van der Waals surface area contributed by atoms with Crippen LogP contribution < -0.4 is 0 Å². The minimum atomic E-state index is 0.827. The molecule has 17 heavy (non-hydrogen) atoms. The van der Waals surface area contributed by atoms with Gasteiger partial charge in [-0.15, -0.1) is 0 Å². The largest absolute Gasteiger partial charge is 0.379 e. The molecule has 0 bridgehead atoms. The highest BCUT2D eigenvalue weighted by atomic mass is 16.5. The van der Waals surface area contributed by atoms with Crippen LogP contribution in [0, 0.1) is 6.92 Å². The molecule has 3 heterocycles. The Kier molecular flexibility index (Phi) is 2.78. The van der Waals surface area contributed by atoms with Gasteiger partial charge in [0.2, 0.25) is 0 Å². The van der Waals surface area contributed by atoms with Crippen molar-refractivity contribution < 1.29 is 4.74 Å². The van der Waals surface area contributed by atoms with Gasteiger partial charge in [0.1, 0.15) is 0 Å². The molecule has 0 radical (unpaired) electrons. The Balaban J connectivity index is 1.83. The van der Waals surface area contributed by atoms with Crippen LogP contribution in [0.25, 0.3) is 5.52 Å². The lowest BCUT2D eigenvalue weighted by molar-refractivity contribution is 0.0336. The van der Waals surface area contributed by atoms with Crippen molar-refractivity contribution in [2.45, 2.75) is 13.5 Å². The summed E-state index contributed by atoms with van der Waals surface area (Å²) in [7, 11) is 0. The molecule has 1 saturated heterocycles. The Morgan fingerprint density at radius 2 is 2.18 bits per heavy atom. The number of hydrogen-bond acceptors (Lipinski definition) is 4. The molecule has 1 fully saturated rings. The van der Waals surface area contributed by atoms with E-state index in [1.807, 2.05) is 17.6 Å². The molecule has 0 aromatic carbocycles. The first-order valence-corrected chi connectivity index (χ1v) is 5.93. The number of fused-ring (bicyclic) bond motifs is 1. The Morgan fingerprint density at radius 1 is 1.35 bits per heavy atom. The second kappa shape index (κ2) is 4.43. The van der Waals surface area contributed by atoms with E-state index in [1.165, 1.54) is 0 Å². The van der Waals surface area contributed by atoms with Crippen molar-refractivity contribution in [3.63, 3.8) is 0 Å². The van der Waals surface area contributed by atoms with Crippen LogP contribution in [-0.4, -0.2) is 45.8 Å². The molecule has 1 aliphatic rings. The Morgan fingerprint density at radius 3 is 2.94 bits per heavy atom. The maximum absolute atomic E-state index is 5.34. The van der Waals surface area contributed by atoms with Gasteiger partial charge in [-0.1, -0.05) is 0 Å². The second-order valence-electron chi connectivity index (χ2n) is 4.37. The number of rotatable bonds is 2. The molecular weight excluding hydrogens is 216 g/mol. The number of aromatic nitrogens is 3. The molecule has 90 valence electrons. The first-order chi connectivity index (χ1) is 8.33. The van der Waals surface area contributed by atoms with E-state index in [-0.39, 0.29) is 0 Å². The molecule has 0 aliphatic carbocycles. The van der Waals surface area contributed by atoms with E-state index in [9.17, 15) is 0 Å². The van der Waals surface area contributed by atoms with E-state index in [0.29, 0.717) is 0 Å². The van der Waals surface area contributed by atoms with E-state index < -0.39 is 0 Å². The van der Waals surface area contributed by atoms with Gasteiger partial charge in [-0.25, -0.2) is 4.52 Å². The van der Waals surface area contributed by atoms with Crippen LogP contribution in [0.1, 0.15) is 11.4 Å². The van der Waals surface area contributed by atoms with Gasteiger partial charge in [0.25, 0.3) is 0 Å². The van der Waals surface area contributed by atoms with Crippen LogP contribution in [0.4, 0.5) is 0 Å². The van der Waals surface area contributed by atoms with Crippen molar-refractivity contribution in [1.29, 1.82) is 0 Å². The molecule has 5 heteroatoms. The maximum Gasteiger partial charge on any atom is 0.0877 e. The summed E-state index contributed by atoms with van der Waals surface area (Å²) in [6.45, 7) is 6.54. The predicted octanol–water partition coefficient (Wildman–Crippen LogP) is 0.870. The Labute approximate surface area is 100 Å². The number of ether oxygens (including phenoxy) is 1. The Bertz CT molecular complexity index is 516. The summed E-state index contributed by atoms with van der Waals surface area (Å²) < 4.78 is 7.24. The molecule has 5 nitrogen and oxygen atoms in total. The van der Waals surface area contributed by atoms with Crippen molar-refractivity contribution in [1.82, 2.24) is 19.5 Å². The normalized spacial score (nSPS) is 17.7. The predicted molar refractivity (Wildman–Crippen MR) is 63.8 cm³/mol. The van der Waals surface area contributed by atoms with E-state index >= 15 is 0 Å². The van der Waals surface area contributed by atoms with E-state index in [0.717, 1.165) is 49.8 Å². The van der Waals surface area contributed by atoms with Gasteiger partial charge in [0, 0.05) is 32.0 Å². The van der Waals surface area contributed by atoms with Gasteiger partial charge in [0.05, 0.1) is 30.1 Å². The van der Waals surface area contributed by atoms with Gasteiger partial charge >= 0.3 is 0 Å². The summed E-state index contributed by atoms with van der Waals surface area (Å²) in [6, 6.07) is 2.12. The van der Waals surface area contributed by atoms with Crippen molar-refractivity contribution in [2.75, 3.05) is 26.3 Å². The fraction of sp³-hybridized carbons (Fsp3) is 0.500. The van der Waals surface area contributed by atoms with Gasteiger partial charge in [-0.05, 0) is 13.0 Å². The summed E-state index contributed by atoms with van der Waals surface area (Å²) in [5, 5.41) is 4.56. The molecule has 2 aromatic rings. The second-order valence-corrected chi connectivity index (χ2v) is 4.37. The zero-order valence-electron chi connectivity index (χ0n) is 9.96. The summed E-state index contributed by atoms with van der Waals surface area (Å²) in [4.78, 5) is 6.64. The van der Waals surface area contributed by atoms with Gasteiger partial charge < -0.3 is 4.74 Å². The van der Waals surface area contributed by atoms with Gasteiger partial charge in [-0.3, -0.25) is 9.88 Å². The van der Waals surface area contributed by atoms with E-state index in [2.05, 4.69) is 21.0 Å². The summed E-state index contributed by atoms with van der Waals surface area (Å²) in [5.74, 6) is 0. The number of morpholine rings is 1. The third-order valence-electron chi connectivity index (χ3n) is 3.12. The van der Waals surface area contributed by atoms with Crippen molar-refractivity contribution in [3.8, 4) is 0 Å². The minimum absolute atomic E-state index is 0.827. The maximum atomic E-state index is 5.34. The zero-order chi connectivity index (χ0) is 11.7. The summed E-state index contributed by atoms with van der Waals surface area (Å²) >= 11 is 0. The van der Waals surface area contributed by atoms with Gasteiger partial charge in [0.15, 0.2) is 0 Å². The Hall–Kier alpha value is -1.46. The third-order valence-corrected chi connectivity index (χ3v) is 3.12. The lowest BCUT2D eigenvalue weighted by Gasteiger charge is -2.25. The third kappa shape index (κ3) is 2.16. The number of nitrogens with zero attached hydrogens (tertiary/aromatic N) is 4. The van der Waals surface area contributed by atoms with Crippen LogP contribution in [-0.2, 0) is 11.3 Å². The lowest BCUT2D eigenvalue weighted by Crippen LogP contribution is -2.35. The SMILES string of the molecule is Cc1nccn2nc(CN3CCOCC3)cc12. The van der Waals surface area contributed by atoms with E-state index in [4.69, 9.17) is 4.74 Å². The molecule has 0 atom stereocenters. The summed E-state index contributed by atoms with van der Waals surface area (Å²) in [6.07, 6.45) is 3.68. The first-order valence-electron chi connectivity index (χ1n) is 5.93.